The largest absolute Gasteiger partial charge is 0.457 e. The van der Waals surface area contributed by atoms with E-state index in [4.69, 9.17) is 4.74 Å². The highest BCUT2D eigenvalue weighted by atomic mass is 16.5. The van der Waals surface area contributed by atoms with Crippen molar-refractivity contribution >= 4 is 17.5 Å². The lowest BCUT2D eigenvalue weighted by atomic mass is 10.2. The standard InChI is InChI=1S/C23H24N4O3/c24-16-18(23(29)25-13-5-15-27-14-4-8-22(27)28)17-26-19-9-11-21(12-10-19)30-20-6-2-1-3-7-20/h1-3,6-7,9-12,17,26H,4-5,8,13-15H2,(H,25,29)/b18-17-. The molecule has 7 heteroatoms. The Kier molecular flexibility index (Phi) is 7.45. The van der Waals surface area contributed by atoms with Crippen LogP contribution in [0.4, 0.5) is 5.69 Å². The van der Waals surface area contributed by atoms with E-state index in [1.807, 2.05) is 36.4 Å². The highest BCUT2D eigenvalue weighted by Crippen LogP contribution is 2.22. The molecule has 0 unspecified atom stereocenters. The smallest absolute Gasteiger partial charge is 0.263 e. The van der Waals surface area contributed by atoms with Gasteiger partial charge in [-0.1, -0.05) is 18.2 Å². The quantitative estimate of drug-likeness (QED) is 0.379. The fourth-order valence-corrected chi connectivity index (χ4v) is 3.06. The van der Waals surface area contributed by atoms with E-state index in [1.54, 1.807) is 29.2 Å². The summed E-state index contributed by atoms with van der Waals surface area (Å²) < 4.78 is 5.73. The summed E-state index contributed by atoms with van der Waals surface area (Å²) >= 11 is 0. The lowest BCUT2D eigenvalue weighted by Crippen LogP contribution is -2.31. The molecule has 1 fully saturated rings. The van der Waals surface area contributed by atoms with Crippen LogP contribution in [0.1, 0.15) is 19.3 Å². The summed E-state index contributed by atoms with van der Waals surface area (Å²) in [5.41, 5.74) is 0.709. The van der Waals surface area contributed by atoms with Crippen molar-refractivity contribution in [3.63, 3.8) is 0 Å². The zero-order valence-corrected chi connectivity index (χ0v) is 16.6. The van der Waals surface area contributed by atoms with Gasteiger partial charge in [-0.05, 0) is 49.2 Å². The van der Waals surface area contributed by atoms with Gasteiger partial charge in [0.15, 0.2) is 0 Å². The molecule has 0 spiro atoms. The molecule has 154 valence electrons. The van der Waals surface area contributed by atoms with Gasteiger partial charge in [0, 0.05) is 37.9 Å². The van der Waals surface area contributed by atoms with Gasteiger partial charge in [0.1, 0.15) is 23.1 Å². The van der Waals surface area contributed by atoms with Crippen LogP contribution in [0.15, 0.2) is 66.4 Å². The van der Waals surface area contributed by atoms with E-state index in [2.05, 4.69) is 10.6 Å². The SMILES string of the molecule is N#C/C(=C/Nc1ccc(Oc2ccccc2)cc1)C(=O)NCCCN1CCCC1=O. The Bertz CT molecular complexity index is 933. The molecule has 0 bridgehead atoms. The summed E-state index contributed by atoms with van der Waals surface area (Å²) in [6, 6.07) is 18.6. The second-order valence-electron chi connectivity index (χ2n) is 6.85. The minimum absolute atomic E-state index is 0.0168. The topological polar surface area (TPSA) is 94.5 Å². The first-order valence-corrected chi connectivity index (χ1v) is 9.91. The fraction of sp³-hybridized carbons (Fsp3) is 0.261. The zero-order valence-electron chi connectivity index (χ0n) is 16.6. The zero-order chi connectivity index (χ0) is 21.2. The second-order valence-corrected chi connectivity index (χ2v) is 6.85. The van der Waals surface area contributed by atoms with Crippen LogP contribution >= 0.6 is 0 Å². The van der Waals surface area contributed by atoms with Gasteiger partial charge in [0.2, 0.25) is 5.91 Å². The molecule has 0 radical (unpaired) electrons. The van der Waals surface area contributed by atoms with Gasteiger partial charge < -0.3 is 20.3 Å². The van der Waals surface area contributed by atoms with Crippen LogP contribution in [0.3, 0.4) is 0 Å². The Balaban J connectivity index is 1.45. The van der Waals surface area contributed by atoms with Crippen molar-refractivity contribution < 1.29 is 14.3 Å². The van der Waals surface area contributed by atoms with Crippen LogP contribution in [0.25, 0.3) is 0 Å². The predicted molar refractivity (Wildman–Crippen MR) is 114 cm³/mol. The Morgan fingerprint density at radius 2 is 1.87 bits per heavy atom. The van der Waals surface area contributed by atoms with Crippen LogP contribution in [0, 0.1) is 11.3 Å². The first-order chi connectivity index (χ1) is 14.7. The number of rotatable bonds is 9. The van der Waals surface area contributed by atoms with E-state index in [1.165, 1.54) is 6.20 Å². The predicted octanol–water partition coefficient (Wildman–Crippen LogP) is 3.43. The van der Waals surface area contributed by atoms with Crippen molar-refractivity contribution in [3.8, 4) is 17.6 Å². The van der Waals surface area contributed by atoms with Crippen molar-refractivity contribution in [3.05, 3.63) is 66.4 Å². The average Bonchev–Trinajstić information content (AvgIpc) is 3.18. The van der Waals surface area contributed by atoms with Gasteiger partial charge in [-0.25, -0.2) is 0 Å². The Hall–Kier alpha value is -3.79. The number of benzene rings is 2. The number of nitrogens with zero attached hydrogens (tertiary/aromatic N) is 2. The number of para-hydroxylation sites is 1. The first-order valence-electron chi connectivity index (χ1n) is 9.91. The number of ether oxygens (including phenoxy) is 1. The lowest BCUT2D eigenvalue weighted by molar-refractivity contribution is -0.127. The number of amides is 2. The summed E-state index contributed by atoms with van der Waals surface area (Å²) in [6.07, 6.45) is 3.55. The summed E-state index contributed by atoms with van der Waals surface area (Å²) in [7, 11) is 0. The van der Waals surface area contributed by atoms with E-state index in [0.717, 1.165) is 24.4 Å². The highest BCUT2D eigenvalue weighted by Gasteiger charge is 2.19. The number of nitriles is 1. The molecule has 1 aliphatic heterocycles. The van der Waals surface area contributed by atoms with E-state index in [-0.39, 0.29) is 11.5 Å². The number of anilines is 1. The maximum atomic E-state index is 12.2. The molecule has 1 aliphatic rings. The third-order valence-electron chi connectivity index (χ3n) is 4.64. The summed E-state index contributed by atoms with van der Waals surface area (Å²) in [4.78, 5) is 25.5. The monoisotopic (exact) mass is 404 g/mol. The third-order valence-corrected chi connectivity index (χ3v) is 4.64. The van der Waals surface area contributed by atoms with Crippen LogP contribution < -0.4 is 15.4 Å². The third kappa shape index (κ3) is 6.11. The van der Waals surface area contributed by atoms with Gasteiger partial charge in [0.05, 0.1) is 0 Å². The molecule has 3 rings (SSSR count). The van der Waals surface area contributed by atoms with Gasteiger partial charge in [-0.3, -0.25) is 9.59 Å². The molecular weight excluding hydrogens is 380 g/mol. The van der Waals surface area contributed by atoms with Crippen LogP contribution in [0.2, 0.25) is 0 Å². The number of nitrogens with one attached hydrogen (secondary N) is 2. The molecule has 2 N–H and O–H groups in total. The Labute approximate surface area is 175 Å². The Morgan fingerprint density at radius 3 is 2.53 bits per heavy atom. The van der Waals surface area contributed by atoms with Crippen LogP contribution in [0.5, 0.6) is 11.5 Å². The van der Waals surface area contributed by atoms with E-state index >= 15 is 0 Å². The molecule has 1 saturated heterocycles. The van der Waals surface area contributed by atoms with E-state index in [0.29, 0.717) is 31.7 Å². The number of likely N-dealkylation sites (tertiary alicyclic amines) is 1. The van der Waals surface area contributed by atoms with Crippen molar-refractivity contribution in [2.75, 3.05) is 25.0 Å². The van der Waals surface area contributed by atoms with Crippen molar-refractivity contribution in [1.82, 2.24) is 10.2 Å². The molecule has 7 nitrogen and oxygen atoms in total. The summed E-state index contributed by atoms with van der Waals surface area (Å²) in [5.74, 6) is 1.16. The maximum absolute atomic E-state index is 12.2. The maximum Gasteiger partial charge on any atom is 0.263 e. The second kappa shape index (κ2) is 10.7. The number of carbonyl (C=O) groups excluding carboxylic acids is 2. The molecule has 2 amide bonds. The number of hydrogen-bond donors (Lipinski definition) is 2. The minimum atomic E-state index is -0.443. The average molecular weight is 404 g/mol. The molecule has 1 heterocycles. The fourth-order valence-electron chi connectivity index (χ4n) is 3.06. The molecule has 2 aromatic rings. The van der Waals surface area contributed by atoms with Gasteiger partial charge in [-0.15, -0.1) is 0 Å². The molecule has 2 aromatic carbocycles. The lowest BCUT2D eigenvalue weighted by Gasteiger charge is -2.15. The van der Waals surface area contributed by atoms with Gasteiger partial charge >= 0.3 is 0 Å². The number of hydrogen-bond acceptors (Lipinski definition) is 5. The summed E-state index contributed by atoms with van der Waals surface area (Å²) in [6.45, 7) is 1.82. The van der Waals surface area contributed by atoms with E-state index < -0.39 is 5.91 Å². The molecule has 0 saturated carbocycles. The van der Waals surface area contributed by atoms with Crippen LogP contribution in [-0.2, 0) is 9.59 Å². The van der Waals surface area contributed by atoms with Gasteiger partial charge in [-0.2, -0.15) is 5.26 Å². The molecule has 30 heavy (non-hydrogen) atoms. The highest BCUT2D eigenvalue weighted by molar-refractivity contribution is 5.97. The molecule has 0 atom stereocenters. The molecular formula is C23H24N4O3. The van der Waals surface area contributed by atoms with Crippen molar-refractivity contribution in [1.29, 1.82) is 5.26 Å². The van der Waals surface area contributed by atoms with Crippen LogP contribution in [-0.4, -0.2) is 36.3 Å². The minimum Gasteiger partial charge on any atom is -0.457 e. The van der Waals surface area contributed by atoms with E-state index in [9.17, 15) is 14.9 Å². The Morgan fingerprint density at radius 1 is 1.13 bits per heavy atom. The normalized spacial score (nSPS) is 13.6. The van der Waals surface area contributed by atoms with Crippen molar-refractivity contribution in [2.45, 2.75) is 19.3 Å². The summed E-state index contributed by atoms with van der Waals surface area (Å²) in [5, 5.41) is 14.9. The van der Waals surface area contributed by atoms with Crippen molar-refractivity contribution in [2.24, 2.45) is 0 Å². The molecule has 0 aromatic heterocycles. The number of carbonyl (C=O) groups is 2. The first kappa shape index (κ1) is 20.9. The van der Waals surface area contributed by atoms with Gasteiger partial charge in [0.25, 0.3) is 5.91 Å². The molecule has 0 aliphatic carbocycles.